The van der Waals surface area contributed by atoms with Crippen LogP contribution < -0.4 is 9.47 Å². The molecule has 326 valence electrons. The number of ether oxygens (including phenoxy) is 3. The van der Waals surface area contributed by atoms with Crippen LogP contribution in [0.25, 0.3) is 11.1 Å². The second-order valence-corrected chi connectivity index (χ2v) is 17.7. The summed E-state index contributed by atoms with van der Waals surface area (Å²) < 4.78 is 17.3. The number of aliphatic hydroxyl groups excluding tert-OH is 2. The van der Waals surface area contributed by atoms with Crippen molar-refractivity contribution >= 4 is 5.78 Å². The van der Waals surface area contributed by atoms with Crippen molar-refractivity contribution in [3.8, 4) is 22.6 Å². The fourth-order valence-electron chi connectivity index (χ4n) is 9.91. The number of allylic oxidation sites excluding steroid dienone is 2. The molecule has 1 fully saturated rings. The number of carbonyl (C=O) groups is 1. The molecule has 0 saturated heterocycles. The van der Waals surface area contributed by atoms with Gasteiger partial charge in [0.1, 0.15) is 11.5 Å². The van der Waals surface area contributed by atoms with Crippen molar-refractivity contribution in [2.75, 3.05) is 33.9 Å². The predicted molar refractivity (Wildman–Crippen MR) is 246 cm³/mol. The minimum atomic E-state index is -1.21. The smallest absolute Gasteiger partial charge is 0.193 e. The zero-order valence-electron chi connectivity index (χ0n) is 36.8. The van der Waals surface area contributed by atoms with Crippen molar-refractivity contribution < 1.29 is 34.3 Å². The summed E-state index contributed by atoms with van der Waals surface area (Å²) in [5, 5.41) is 36.1. The summed E-state index contributed by atoms with van der Waals surface area (Å²) in [5.41, 5.74) is 6.17. The monoisotopic (exact) mass is 837 g/mol. The molecule has 8 rings (SSSR count). The fourth-order valence-corrected chi connectivity index (χ4v) is 9.91. The van der Waals surface area contributed by atoms with Crippen LogP contribution in [0, 0.1) is 5.41 Å². The van der Waals surface area contributed by atoms with Gasteiger partial charge in [-0.25, -0.2) is 0 Å². The molecule has 0 unspecified atom stereocenters. The van der Waals surface area contributed by atoms with E-state index in [0.29, 0.717) is 67.9 Å². The molecule has 62 heavy (non-hydrogen) atoms. The van der Waals surface area contributed by atoms with E-state index < -0.39 is 23.2 Å². The van der Waals surface area contributed by atoms with Crippen molar-refractivity contribution in [3.63, 3.8) is 0 Å². The maximum atomic E-state index is 15.1. The Hall–Kier alpha value is -5.09. The van der Waals surface area contributed by atoms with Gasteiger partial charge in [0, 0.05) is 47.8 Å². The highest BCUT2D eigenvalue weighted by molar-refractivity contribution is 6.13. The summed E-state index contributed by atoms with van der Waals surface area (Å²) in [6, 6.07) is 39.6. The largest absolute Gasteiger partial charge is 0.497 e. The number of rotatable bonds is 15. The van der Waals surface area contributed by atoms with Crippen LogP contribution in [0.2, 0.25) is 0 Å². The molecule has 3 aliphatic carbocycles. The van der Waals surface area contributed by atoms with E-state index in [1.165, 1.54) is 5.57 Å². The molecule has 3 aliphatic rings. The van der Waals surface area contributed by atoms with Crippen LogP contribution >= 0.6 is 0 Å². The average Bonchev–Trinajstić information content (AvgIpc) is 3.54. The second-order valence-electron chi connectivity index (χ2n) is 17.7. The van der Waals surface area contributed by atoms with Gasteiger partial charge in [-0.15, -0.1) is 0 Å². The van der Waals surface area contributed by atoms with Gasteiger partial charge in [0.05, 0.1) is 45.2 Å². The van der Waals surface area contributed by atoms with Crippen molar-refractivity contribution in [1.82, 2.24) is 4.90 Å². The highest BCUT2D eigenvalue weighted by Crippen LogP contribution is 2.59. The Balaban J connectivity index is 1.27. The molecule has 3 N–H and O–H groups in total. The molecule has 8 nitrogen and oxygen atoms in total. The van der Waals surface area contributed by atoms with Gasteiger partial charge < -0.3 is 29.5 Å². The molecule has 0 heterocycles. The zero-order chi connectivity index (χ0) is 43.7. The fraction of sp³-hybridized carbons (Fsp3) is 0.389. The number of aliphatic hydroxyl groups is 3. The minimum Gasteiger partial charge on any atom is -0.497 e. The van der Waals surface area contributed by atoms with Crippen LogP contribution in [0.4, 0.5) is 0 Å². The topological polar surface area (TPSA) is 109 Å². The molecule has 8 heteroatoms. The van der Waals surface area contributed by atoms with Crippen LogP contribution in [0.5, 0.6) is 11.5 Å². The molecule has 5 aromatic carbocycles. The SMILES string of the molecule is COc1ccc(CN(C[C@@H](O)COCc2ccccc2)C[C@]2(O)CC[C@H]3c4ccc(cc4C(=O)c4ccccc4-c4ccccc4)C[C@@H](O)CCC(C)=CCC[C@@]32C)c(OC)c1. The summed E-state index contributed by atoms with van der Waals surface area (Å²) >= 11 is 0. The van der Waals surface area contributed by atoms with Crippen LogP contribution in [-0.2, 0) is 24.3 Å². The van der Waals surface area contributed by atoms with Crippen molar-refractivity contribution in [2.24, 2.45) is 5.41 Å². The van der Waals surface area contributed by atoms with Crippen LogP contribution in [0.15, 0.2) is 133 Å². The summed E-state index contributed by atoms with van der Waals surface area (Å²) in [4.78, 5) is 17.3. The zero-order valence-corrected chi connectivity index (χ0v) is 36.8. The van der Waals surface area contributed by atoms with E-state index in [0.717, 1.165) is 46.2 Å². The lowest BCUT2D eigenvalue weighted by molar-refractivity contribution is -0.0924. The van der Waals surface area contributed by atoms with Crippen molar-refractivity contribution in [3.05, 3.63) is 166 Å². The Morgan fingerprint density at radius 2 is 1.60 bits per heavy atom. The molecule has 5 atom stereocenters. The van der Waals surface area contributed by atoms with Crippen molar-refractivity contribution in [2.45, 2.75) is 95.7 Å². The summed E-state index contributed by atoms with van der Waals surface area (Å²) in [5.74, 6) is 1.11. The van der Waals surface area contributed by atoms with E-state index in [1.54, 1.807) is 14.2 Å². The highest BCUT2D eigenvalue weighted by atomic mass is 16.5. The number of carbonyl (C=O) groups excluding carboxylic acids is 1. The van der Waals surface area contributed by atoms with Crippen molar-refractivity contribution in [1.29, 1.82) is 0 Å². The second kappa shape index (κ2) is 20.4. The first-order valence-electron chi connectivity index (χ1n) is 22.1. The average molecular weight is 838 g/mol. The lowest BCUT2D eigenvalue weighted by atomic mass is 9.64. The molecule has 0 spiro atoms. The summed E-state index contributed by atoms with van der Waals surface area (Å²) in [7, 11) is 3.26. The van der Waals surface area contributed by atoms with Gasteiger partial charge >= 0.3 is 0 Å². The van der Waals surface area contributed by atoms with Crippen LogP contribution in [-0.4, -0.2) is 77.7 Å². The molecule has 0 radical (unpaired) electrons. The van der Waals surface area contributed by atoms with E-state index >= 15 is 4.79 Å². The van der Waals surface area contributed by atoms with Gasteiger partial charge in [0.25, 0.3) is 0 Å². The standard InChI is InChI=1S/C54H63NO7/c1-38-14-13-28-53(2)50(47-26-22-40(30-43(56)24-21-38)31-49(47)52(58)48-20-12-11-19-46(48)41-17-9-6-10-18-41)27-29-54(53,59)37-55(33-42-23-25-45(60-3)32-51(42)61-4)34-44(57)36-62-35-39-15-7-5-8-16-39/h5-12,14-20,22-23,25-26,31-32,43-44,50,56-57,59H,13,21,24,27-30,33-37H2,1-4H3/t43-,44+,50-,53-,54+/m0/s1. The molecular formula is C54H63NO7. The quantitative estimate of drug-likeness (QED) is 0.0707. The third kappa shape index (κ3) is 10.4. The number of ketones is 1. The molecule has 2 bridgehead atoms. The van der Waals surface area contributed by atoms with Gasteiger partial charge in [-0.05, 0) is 97.7 Å². The van der Waals surface area contributed by atoms with E-state index in [4.69, 9.17) is 14.2 Å². The third-order valence-electron chi connectivity index (χ3n) is 13.4. The maximum Gasteiger partial charge on any atom is 0.193 e. The van der Waals surface area contributed by atoms with E-state index in [2.05, 4.69) is 37.0 Å². The van der Waals surface area contributed by atoms with Gasteiger partial charge in [-0.2, -0.15) is 0 Å². The first-order valence-corrected chi connectivity index (χ1v) is 22.1. The highest BCUT2D eigenvalue weighted by Gasteiger charge is 2.57. The molecule has 0 amide bonds. The van der Waals surface area contributed by atoms with Gasteiger partial charge in [0.15, 0.2) is 5.78 Å². The van der Waals surface area contributed by atoms with E-state index in [1.807, 2.05) is 109 Å². The lowest BCUT2D eigenvalue weighted by Crippen LogP contribution is -2.53. The Morgan fingerprint density at radius 1 is 0.855 bits per heavy atom. The number of hydrogen-bond acceptors (Lipinski definition) is 8. The molecule has 0 aliphatic heterocycles. The normalized spacial score (nSPS) is 22.1. The maximum absolute atomic E-state index is 15.1. The summed E-state index contributed by atoms with van der Waals surface area (Å²) in [6.45, 7) is 5.78. The van der Waals surface area contributed by atoms with E-state index in [-0.39, 0.29) is 31.4 Å². The van der Waals surface area contributed by atoms with E-state index in [9.17, 15) is 15.3 Å². The first-order chi connectivity index (χ1) is 30.0. The third-order valence-corrected chi connectivity index (χ3v) is 13.4. The Labute approximate surface area is 367 Å². The summed E-state index contributed by atoms with van der Waals surface area (Å²) in [6.07, 6.45) is 5.30. The number of fused-ring (bicyclic) bond motifs is 8. The molecular weight excluding hydrogens is 775 g/mol. The minimum absolute atomic E-state index is 0.0664. The molecule has 0 aromatic heterocycles. The lowest BCUT2D eigenvalue weighted by Gasteiger charge is -2.46. The predicted octanol–water partition coefficient (Wildman–Crippen LogP) is 9.72. The Morgan fingerprint density at radius 3 is 2.35 bits per heavy atom. The van der Waals surface area contributed by atoms with Gasteiger partial charge in [0.2, 0.25) is 0 Å². The number of benzene rings is 5. The van der Waals surface area contributed by atoms with Gasteiger partial charge in [-0.3, -0.25) is 9.69 Å². The van der Waals surface area contributed by atoms with Crippen LogP contribution in [0.3, 0.4) is 0 Å². The first kappa shape index (κ1) is 44.9. The van der Waals surface area contributed by atoms with Crippen LogP contribution in [0.1, 0.15) is 96.5 Å². The van der Waals surface area contributed by atoms with Gasteiger partial charge in [-0.1, -0.05) is 122 Å². The number of nitrogens with zero attached hydrogens (tertiary/aromatic N) is 1. The number of methoxy groups -OCH3 is 2. The Bertz CT molecular complexity index is 2290. The molecule has 5 aromatic rings. The number of hydrogen-bond donors (Lipinski definition) is 3. The molecule has 1 saturated carbocycles. The Kier molecular flexibility index (Phi) is 14.8.